The van der Waals surface area contributed by atoms with Crippen LogP contribution in [0.4, 0.5) is 0 Å². The third kappa shape index (κ3) is 2.84. The molecule has 0 bridgehead atoms. The molecule has 0 saturated carbocycles. The zero-order valence-electron chi connectivity index (χ0n) is 11.1. The van der Waals surface area contributed by atoms with Gasteiger partial charge in [-0.05, 0) is 20.8 Å². The number of aromatic nitrogens is 2. The van der Waals surface area contributed by atoms with E-state index in [4.69, 9.17) is 0 Å². The summed E-state index contributed by atoms with van der Waals surface area (Å²) < 4.78 is 1.90. The van der Waals surface area contributed by atoms with E-state index in [1.54, 1.807) is 6.20 Å². The standard InChI is InChI=1S/C12H20N4O.ClH/c1-9(2)16-10(3)11(8-14-16)12(17)15-6-4-13-5-7-15;/h8-9,13H,4-7H2,1-3H3;1H. The summed E-state index contributed by atoms with van der Waals surface area (Å²) in [4.78, 5) is 14.2. The molecule has 1 fully saturated rings. The second kappa shape index (κ2) is 6.20. The highest BCUT2D eigenvalue weighted by atomic mass is 35.5. The third-order valence-electron chi connectivity index (χ3n) is 3.17. The molecule has 0 radical (unpaired) electrons. The smallest absolute Gasteiger partial charge is 0.257 e. The summed E-state index contributed by atoms with van der Waals surface area (Å²) >= 11 is 0. The van der Waals surface area contributed by atoms with E-state index in [1.165, 1.54) is 0 Å². The number of hydrogen-bond donors (Lipinski definition) is 1. The van der Waals surface area contributed by atoms with Gasteiger partial charge in [-0.3, -0.25) is 9.48 Å². The van der Waals surface area contributed by atoms with Gasteiger partial charge in [0, 0.05) is 37.9 Å². The Kier molecular flexibility index (Phi) is 5.16. The van der Waals surface area contributed by atoms with Gasteiger partial charge >= 0.3 is 0 Å². The van der Waals surface area contributed by atoms with Crippen molar-refractivity contribution >= 4 is 18.3 Å². The highest BCUT2D eigenvalue weighted by molar-refractivity contribution is 5.95. The fourth-order valence-corrected chi connectivity index (χ4v) is 2.19. The number of nitrogens with one attached hydrogen (secondary N) is 1. The van der Waals surface area contributed by atoms with Gasteiger partial charge in [0.25, 0.3) is 5.91 Å². The van der Waals surface area contributed by atoms with E-state index in [1.807, 2.05) is 16.5 Å². The van der Waals surface area contributed by atoms with Crippen molar-refractivity contribution in [1.29, 1.82) is 0 Å². The van der Waals surface area contributed by atoms with E-state index >= 15 is 0 Å². The van der Waals surface area contributed by atoms with E-state index in [0.717, 1.165) is 37.4 Å². The van der Waals surface area contributed by atoms with Crippen LogP contribution in [-0.4, -0.2) is 46.8 Å². The van der Waals surface area contributed by atoms with Gasteiger partial charge in [0.1, 0.15) is 0 Å². The van der Waals surface area contributed by atoms with Crippen LogP contribution in [0, 0.1) is 6.92 Å². The molecule has 0 spiro atoms. The van der Waals surface area contributed by atoms with Crippen LogP contribution in [0.25, 0.3) is 0 Å². The van der Waals surface area contributed by atoms with Crippen LogP contribution < -0.4 is 5.32 Å². The Bertz CT molecular complexity index is 410. The van der Waals surface area contributed by atoms with Crippen molar-refractivity contribution in [3.8, 4) is 0 Å². The maximum Gasteiger partial charge on any atom is 0.257 e. The van der Waals surface area contributed by atoms with Crippen LogP contribution in [0.15, 0.2) is 6.20 Å². The topological polar surface area (TPSA) is 50.2 Å². The first-order chi connectivity index (χ1) is 8.11. The lowest BCUT2D eigenvalue weighted by molar-refractivity contribution is 0.0735. The van der Waals surface area contributed by atoms with Crippen molar-refractivity contribution < 1.29 is 4.79 Å². The van der Waals surface area contributed by atoms with Crippen LogP contribution in [0.1, 0.15) is 35.9 Å². The van der Waals surface area contributed by atoms with E-state index < -0.39 is 0 Å². The predicted molar refractivity (Wildman–Crippen MR) is 73.4 cm³/mol. The molecule has 0 aliphatic carbocycles. The second-order valence-corrected chi connectivity index (χ2v) is 4.72. The molecular formula is C12H21ClN4O. The first-order valence-electron chi connectivity index (χ1n) is 6.15. The molecule has 1 N–H and O–H groups in total. The first-order valence-corrected chi connectivity index (χ1v) is 6.15. The fraction of sp³-hybridized carbons (Fsp3) is 0.667. The number of hydrogen-bond acceptors (Lipinski definition) is 3. The van der Waals surface area contributed by atoms with Crippen molar-refractivity contribution in [2.24, 2.45) is 0 Å². The first kappa shape index (κ1) is 15.0. The molecule has 2 heterocycles. The van der Waals surface area contributed by atoms with Crippen LogP contribution in [0.5, 0.6) is 0 Å². The quantitative estimate of drug-likeness (QED) is 0.881. The lowest BCUT2D eigenvalue weighted by Crippen LogP contribution is -2.46. The Morgan fingerprint density at radius 3 is 2.50 bits per heavy atom. The van der Waals surface area contributed by atoms with Gasteiger partial charge in [0.2, 0.25) is 0 Å². The molecule has 0 atom stereocenters. The highest BCUT2D eigenvalue weighted by Crippen LogP contribution is 2.15. The maximum atomic E-state index is 12.3. The Labute approximate surface area is 114 Å². The molecule has 2 rings (SSSR count). The predicted octanol–water partition coefficient (Wildman–Crippen LogP) is 1.24. The minimum Gasteiger partial charge on any atom is -0.336 e. The van der Waals surface area contributed by atoms with E-state index in [9.17, 15) is 4.79 Å². The number of carbonyl (C=O) groups excluding carboxylic acids is 1. The van der Waals surface area contributed by atoms with Gasteiger partial charge in [0.15, 0.2) is 0 Å². The van der Waals surface area contributed by atoms with Crippen molar-refractivity contribution in [1.82, 2.24) is 20.0 Å². The zero-order valence-corrected chi connectivity index (χ0v) is 12.0. The molecule has 1 amide bonds. The summed E-state index contributed by atoms with van der Waals surface area (Å²) in [5, 5.41) is 7.53. The molecule has 18 heavy (non-hydrogen) atoms. The van der Waals surface area contributed by atoms with Crippen molar-refractivity contribution in [3.63, 3.8) is 0 Å². The Morgan fingerprint density at radius 1 is 1.39 bits per heavy atom. The lowest BCUT2D eigenvalue weighted by Gasteiger charge is -2.27. The molecule has 1 aromatic rings. The van der Waals surface area contributed by atoms with Gasteiger partial charge in [-0.15, -0.1) is 12.4 Å². The normalized spacial score (nSPS) is 15.7. The fourth-order valence-electron chi connectivity index (χ4n) is 2.19. The molecule has 1 aliphatic heterocycles. The number of amides is 1. The van der Waals surface area contributed by atoms with Crippen molar-refractivity contribution in [2.75, 3.05) is 26.2 Å². The number of halogens is 1. The molecule has 1 saturated heterocycles. The van der Waals surface area contributed by atoms with Crippen LogP contribution in [-0.2, 0) is 0 Å². The summed E-state index contributed by atoms with van der Waals surface area (Å²) in [6, 6.07) is 0.291. The van der Waals surface area contributed by atoms with Gasteiger partial charge in [0.05, 0.1) is 11.8 Å². The molecule has 0 unspecified atom stereocenters. The van der Waals surface area contributed by atoms with Gasteiger partial charge in [-0.25, -0.2) is 0 Å². The number of nitrogens with zero attached hydrogens (tertiary/aromatic N) is 3. The SMILES string of the molecule is Cc1c(C(=O)N2CCNCC2)cnn1C(C)C.Cl. The molecule has 1 aromatic heterocycles. The summed E-state index contributed by atoms with van der Waals surface area (Å²) in [6.45, 7) is 9.42. The minimum atomic E-state index is 0. The Morgan fingerprint density at radius 2 is 2.00 bits per heavy atom. The largest absolute Gasteiger partial charge is 0.336 e. The van der Waals surface area contributed by atoms with Crippen LogP contribution >= 0.6 is 12.4 Å². The van der Waals surface area contributed by atoms with Gasteiger partial charge in [-0.1, -0.05) is 0 Å². The summed E-state index contributed by atoms with van der Waals surface area (Å²) in [7, 11) is 0. The molecular weight excluding hydrogens is 252 g/mol. The molecule has 0 aromatic carbocycles. The van der Waals surface area contributed by atoms with Crippen molar-refractivity contribution in [2.45, 2.75) is 26.8 Å². The van der Waals surface area contributed by atoms with E-state index in [2.05, 4.69) is 24.3 Å². The van der Waals surface area contributed by atoms with E-state index in [-0.39, 0.29) is 18.3 Å². The number of piperazine rings is 1. The Hall–Kier alpha value is -1.07. The monoisotopic (exact) mass is 272 g/mol. The zero-order chi connectivity index (χ0) is 12.4. The molecule has 5 nitrogen and oxygen atoms in total. The minimum absolute atomic E-state index is 0. The summed E-state index contributed by atoms with van der Waals surface area (Å²) in [5.41, 5.74) is 1.70. The molecule has 6 heteroatoms. The van der Waals surface area contributed by atoms with Crippen LogP contribution in [0.2, 0.25) is 0 Å². The number of carbonyl (C=O) groups is 1. The molecule has 102 valence electrons. The average Bonchev–Trinajstić information content (AvgIpc) is 2.71. The van der Waals surface area contributed by atoms with Gasteiger partial charge < -0.3 is 10.2 Å². The average molecular weight is 273 g/mol. The van der Waals surface area contributed by atoms with Crippen molar-refractivity contribution in [3.05, 3.63) is 17.5 Å². The highest BCUT2D eigenvalue weighted by Gasteiger charge is 2.22. The van der Waals surface area contributed by atoms with Crippen LogP contribution in [0.3, 0.4) is 0 Å². The molecule has 1 aliphatic rings. The van der Waals surface area contributed by atoms with E-state index in [0.29, 0.717) is 6.04 Å². The second-order valence-electron chi connectivity index (χ2n) is 4.72. The maximum absolute atomic E-state index is 12.3. The third-order valence-corrected chi connectivity index (χ3v) is 3.17. The summed E-state index contributed by atoms with van der Waals surface area (Å²) in [5.74, 6) is 0.107. The number of rotatable bonds is 2. The van der Waals surface area contributed by atoms with Gasteiger partial charge in [-0.2, -0.15) is 5.10 Å². The lowest BCUT2D eigenvalue weighted by atomic mass is 10.2. The Balaban J connectivity index is 0.00000162. The summed E-state index contributed by atoms with van der Waals surface area (Å²) in [6.07, 6.45) is 1.69.